The topological polar surface area (TPSA) is 58.6 Å². The number of nitrogens with one attached hydrogen (secondary N) is 1. The Bertz CT molecular complexity index is 235. The third-order valence-corrected chi connectivity index (χ3v) is 3.29. The predicted octanol–water partition coefficient (Wildman–Crippen LogP) is 2.03. The molecule has 17 heavy (non-hydrogen) atoms. The van der Waals surface area contributed by atoms with E-state index >= 15 is 0 Å². The molecule has 0 aromatic carbocycles. The first kappa shape index (κ1) is 14.5. The van der Waals surface area contributed by atoms with Crippen LogP contribution < -0.4 is 5.32 Å². The first-order valence-corrected chi connectivity index (χ1v) is 6.59. The lowest BCUT2D eigenvalue weighted by Crippen LogP contribution is -2.45. The van der Waals surface area contributed by atoms with Crippen LogP contribution in [0.5, 0.6) is 0 Å². The number of ether oxygens (including phenoxy) is 1. The van der Waals surface area contributed by atoms with E-state index in [2.05, 4.69) is 12.2 Å². The van der Waals surface area contributed by atoms with Crippen molar-refractivity contribution in [3.05, 3.63) is 0 Å². The van der Waals surface area contributed by atoms with Crippen molar-refractivity contribution in [2.75, 3.05) is 6.61 Å². The highest BCUT2D eigenvalue weighted by molar-refractivity contribution is 5.73. The summed E-state index contributed by atoms with van der Waals surface area (Å²) in [6.07, 6.45) is 4.77. The molecule has 0 radical (unpaired) electrons. The summed E-state index contributed by atoms with van der Waals surface area (Å²) in [7, 11) is 0. The molecule has 1 aliphatic carbocycles. The van der Waals surface area contributed by atoms with Crippen molar-refractivity contribution in [1.29, 1.82) is 0 Å². The summed E-state index contributed by atoms with van der Waals surface area (Å²) >= 11 is 0. The molecule has 0 aromatic rings. The first-order valence-electron chi connectivity index (χ1n) is 6.59. The summed E-state index contributed by atoms with van der Waals surface area (Å²) in [5.74, 6) is -0.0400. The van der Waals surface area contributed by atoms with Gasteiger partial charge < -0.3 is 15.2 Å². The quantitative estimate of drug-likeness (QED) is 0.749. The Kier molecular flexibility index (Phi) is 5.92. The Labute approximate surface area is 104 Å². The Balaban J connectivity index is 2.29. The van der Waals surface area contributed by atoms with E-state index in [4.69, 9.17) is 9.84 Å². The average Bonchev–Trinajstić information content (AvgIpc) is 2.25. The Morgan fingerprint density at radius 1 is 1.35 bits per heavy atom. The Morgan fingerprint density at radius 2 is 1.94 bits per heavy atom. The van der Waals surface area contributed by atoms with E-state index < -0.39 is 12.0 Å². The fraction of sp³-hybridized carbons (Fsp3) is 0.923. The molecule has 0 amide bonds. The van der Waals surface area contributed by atoms with Gasteiger partial charge in [0.05, 0.1) is 12.7 Å². The van der Waals surface area contributed by atoms with E-state index in [1.54, 1.807) is 0 Å². The lowest BCUT2D eigenvalue weighted by molar-refractivity contribution is -0.142. The molecule has 1 fully saturated rings. The molecule has 1 aliphatic rings. The molecule has 0 aromatic heterocycles. The molecular formula is C13H25NO3. The van der Waals surface area contributed by atoms with Crippen LogP contribution in [0.2, 0.25) is 0 Å². The number of carbonyl (C=O) groups is 1. The van der Waals surface area contributed by atoms with E-state index in [1.165, 1.54) is 12.8 Å². The summed E-state index contributed by atoms with van der Waals surface area (Å²) in [5, 5.41) is 12.1. The maximum absolute atomic E-state index is 11.0. The molecule has 4 nitrogen and oxygen atoms in total. The lowest BCUT2D eigenvalue weighted by Gasteiger charge is -2.27. The number of carboxylic acids is 1. The zero-order valence-electron chi connectivity index (χ0n) is 11.1. The van der Waals surface area contributed by atoms with E-state index in [1.807, 2.05) is 13.8 Å². The van der Waals surface area contributed by atoms with Crippen molar-refractivity contribution in [2.24, 2.45) is 5.92 Å². The van der Waals surface area contributed by atoms with E-state index in [0.717, 1.165) is 18.8 Å². The number of hydrogen-bond donors (Lipinski definition) is 2. The molecule has 100 valence electrons. The second-order valence-electron chi connectivity index (χ2n) is 5.43. The zero-order valence-corrected chi connectivity index (χ0v) is 11.1. The fourth-order valence-corrected chi connectivity index (χ4v) is 2.22. The minimum atomic E-state index is -0.831. The first-order chi connectivity index (χ1) is 7.99. The largest absolute Gasteiger partial charge is 0.480 e. The molecule has 1 atom stereocenters. The van der Waals surface area contributed by atoms with Gasteiger partial charge >= 0.3 is 5.97 Å². The van der Waals surface area contributed by atoms with Crippen LogP contribution in [0.1, 0.15) is 46.5 Å². The van der Waals surface area contributed by atoms with E-state index in [9.17, 15) is 4.79 Å². The second kappa shape index (κ2) is 6.97. The monoisotopic (exact) mass is 243 g/mol. The van der Waals surface area contributed by atoms with Gasteiger partial charge in [0.1, 0.15) is 6.04 Å². The molecule has 1 saturated carbocycles. The van der Waals surface area contributed by atoms with Crippen LogP contribution in [0.3, 0.4) is 0 Å². The van der Waals surface area contributed by atoms with Crippen molar-refractivity contribution >= 4 is 5.97 Å². The van der Waals surface area contributed by atoms with Gasteiger partial charge in [-0.05, 0) is 31.6 Å². The minimum absolute atomic E-state index is 0.158. The highest BCUT2D eigenvalue weighted by Gasteiger charge is 2.23. The van der Waals surface area contributed by atoms with Crippen LogP contribution in [0.25, 0.3) is 0 Å². The third-order valence-electron chi connectivity index (χ3n) is 3.29. The number of aliphatic carboxylic acids is 1. The third kappa shape index (κ3) is 5.50. The fourth-order valence-electron chi connectivity index (χ4n) is 2.22. The molecule has 0 saturated heterocycles. The zero-order chi connectivity index (χ0) is 12.8. The summed E-state index contributed by atoms with van der Waals surface area (Å²) in [6, 6.07) is -0.430. The van der Waals surface area contributed by atoms with Crippen molar-refractivity contribution in [1.82, 2.24) is 5.32 Å². The molecule has 4 heteroatoms. The summed E-state index contributed by atoms with van der Waals surface area (Å²) in [5.41, 5.74) is 0. The number of hydrogen-bond acceptors (Lipinski definition) is 3. The van der Waals surface area contributed by atoms with Crippen LogP contribution in [0.15, 0.2) is 0 Å². The molecule has 0 spiro atoms. The molecule has 0 bridgehead atoms. The van der Waals surface area contributed by atoms with Gasteiger partial charge in [-0.25, -0.2) is 0 Å². The van der Waals surface area contributed by atoms with Gasteiger partial charge in [-0.1, -0.05) is 20.8 Å². The van der Waals surface area contributed by atoms with Gasteiger partial charge in [-0.3, -0.25) is 4.79 Å². The molecule has 2 N–H and O–H groups in total. The van der Waals surface area contributed by atoms with Crippen LogP contribution in [0, 0.1) is 5.92 Å². The SMILES string of the molecule is CC1CCC(OCC(NC(C)C)C(=O)O)CC1. The van der Waals surface area contributed by atoms with Crippen LogP contribution in [-0.2, 0) is 9.53 Å². The summed E-state index contributed by atoms with van der Waals surface area (Å²) in [4.78, 5) is 11.0. The van der Waals surface area contributed by atoms with Crippen molar-refractivity contribution in [2.45, 2.75) is 64.6 Å². The Morgan fingerprint density at radius 3 is 2.41 bits per heavy atom. The lowest BCUT2D eigenvalue weighted by atomic mass is 9.89. The smallest absolute Gasteiger partial charge is 0.323 e. The minimum Gasteiger partial charge on any atom is -0.480 e. The summed E-state index contributed by atoms with van der Waals surface area (Å²) in [6.45, 7) is 6.42. The number of rotatable bonds is 6. The summed E-state index contributed by atoms with van der Waals surface area (Å²) < 4.78 is 5.71. The number of carboxylic acid groups (broad SMARTS) is 1. The van der Waals surface area contributed by atoms with Crippen molar-refractivity contribution < 1.29 is 14.6 Å². The van der Waals surface area contributed by atoms with Gasteiger partial charge in [0.2, 0.25) is 0 Å². The highest BCUT2D eigenvalue weighted by atomic mass is 16.5. The molecule has 0 aliphatic heterocycles. The van der Waals surface area contributed by atoms with Crippen molar-refractivity contribution in [3.63, 3.8) is 0 Å². The van der Waals surface area contributed by atoms with E-state index in [-0.39, 0.29) is 18.8 Å². The van der Waals surface area contributed by atoms with Crippen LogP contribution >= 0.6 is 0 Å². The standard InChI is InChI=1S/C13H25NO3/c1-9(2)14-12(13(15)16)8-17-11-6-4-10(3)5-7-11/h9-12,14H,4-8H2,1-3H3,(H,15,16). The maximum atomic E-state index is 11.0. The Hall–Kier alpha value is -0.610. The van der Waals surface area contributed by atoms with Crippen molar-refractivity contribution in [3.8, 4) is 0 Å². The van der Waals surface area contributed by atoms with Gasteiger partial charge in [0, 0.05) is 6.04 Å². The molecule has 0 heterocycles. The van der Waals surface area contributed by atoms with Gasteiger partial charge in [-0.15, -0.1) is 0 Å². The highest BCUT2D eigenvalue weighted by Crippen LogP contribution is 2.25. The second-order valence-corrected chi connectivity index (χ2v) is 5.43. The maximum Gasteiger partial charge on any atom is 0.323 e. The van der Waals surface area contributed by atoms with Gasteiger partial charge in [-0.2, -0.15) is 0 Å². The van der Waals surface area contributed by atoms with E-state index in [0.29, 0.717) is 0 Å². The van der Waals surface area contributed by atoms with Gasteiger partial charge in [0.25, 0.3) is 0 Å². The molecule has 1 unspecified atom stereocenters. The predicted molar refractivity (Wildman–Crippen MR) is 67.1 cm³/mol. The normalized spacial score (nSPS) is 27.1. The van der Waals surface area contributed by atoms with Crippen LogP contribution in [-0.4, -0.2) is 35.9 Å². The van der Waals surface area contributed by atoms with Crippen LogP contribution in [0.4, 0.5) is 0 Å². The molecule has 1 rings (SSSR count). The average molecular weight is 243 g/mol. The molecular weight excluding hydrogens is 218 g/mol. The van der Waals surface area contributed by atoms with Gasteiger partial charge in [0.15, 0.2) is 0 Å².